The highest BCUT2D eigenvalue weighted by Crippen LogP contribution is 2.27. The molecule has 5 rings (SSSR count). The van der Waals surface area contributed by atoms with Gasteiger partial charge in [0.25, 0.3) is 0 Å². The molecule has 4 aromatic rings. The minimum absolute atomic E-state index is 0.00483. The molecular formula is C24H19N3O. The number of ketones is 1. The molecule has 0 aliphatic heterocycles. The number of hydrogen-bond donors (Lipinski definition) is 0. The molecule has 0 amide bonds. The van der Waals surface area contributed by atoms with Gasteiger partial charge in [0.2, 0.25) is 0 Å². The highest BCUT2D eigenvalue weighted by atomic mass is 16.1. The predicted octanol–water partition coefficient (Wildman–Crippen LogP) is 4.80. The van der Waals surface area contributed by atoms with Crippen LogP contribution in [0.5, 0.6) is 0 Å². The second kappa shape index (κ2) is 6.97. The fraction of sp³-hybridized carbons (Fsp3) is 0.167. The van der Waals surface area contributed by atoms with Crippen LogP contribution >= 0.6 is 0 Å². The highest BCUT2D eigenvalue weighted by molar-refractivity contribution is 6.16. The van der Waals surface area contributed by atoms with Crippen LogP contribution in [0, 0.1) is 0 Å². The molecule has 4 nitrogen and oxygen atoms in total. The van der Waals surface area contributed by atoms with Gasteiger partial charge in [-0.25, -0.2) is 4.98 Å². The minimum atomic E-state index is -0.00483. The predicted molar refractivity (Wildman–Crippen MR) is 109 cm³/mol. The van der Waals surface area contributed by atoms with Crippen molar-refractivity contribution >= 4 is 16.7 Å². The number of aromatic nitrogens is 3. The fourth-order valence-corrected chi connectivity index (χ4v) is 3.90. The first-order valence-corrected chi connectivity index (χ1v) is 9.62. The van der Waals surface area contributed by atoms with Crippen molar-refractivity contribution in [3.8, 4) is 11.3 Å². The van der Waals surface area contributed by atoms with Gasteiger partial charge in [0.05, 0.1) is 11.2 Å². The number of carbonyl (C=O) groups excluding carboxylic acids is 1. The summed E-state index contributed by atoms with van der Waals surface area (Å²) in [5.41, 5.74) is 6.19. The minimum Gasteiger partial charge on any atom is -0.289 e. The van der Waals surface area contributed by atoms with Gasteiger partial charge in [-0.15, -0.1) is 0 Å². The molecular weight excluding hydrogens is 346 g/mol. The molecule has 1 aromatic carbocycles. The quantitative estimate of drug-likeness (QED) is 0.489. The van der Waals surface area contributed by atoms with E-state index in [0.717, 1.165) is 47.1 Å². The Morgan fingerprint density at radius 1 is 0.929 bits per heavy atom. The van der Waals surface area contributed by atoms with Gasteiger partial charge in [0, 0.05) is 46.4 Å². The zero-order chi connectivity index (χ0) is 18.9. The lowest BCUT2D eigenvalue weighted by Gasteiger charge is -2.15. The molecule has 4 heteroatoms. The Morgan fingerprint density at radius 3 is 2.64 bits per heavy atom. The number of pyridine rings is 3. The third kappa shape index (κ3) is 2.97. The maximum atomic E-state index is 13.4. The molecule has 0 atom stereocenters. The number of fused-ring (bicyclic) bond motifs is 2. The zero-order valence-electron chi connectivity index (χ0n) is 15.4. The van der Waals surface area contributed by atoms with Gasteiger partial charge in [0.1, 0.15) is 0 Å². The van der Waals surface area contributed by atoms with Crippen molar-refractivity contribution in [1.29, 1.82) is 0 Å². The van der Waals surface area contributed by atoms with Crippen LogP contribution in [0.25, 0.3) is 22.2 Å². The van der Waals surface area contributed by atoms with Crippen molar-refractivity contribution in [3.05, 3.63) is 89.5 Å². The van der Waals surface area contributed by atoms with Gasteiger partial charge in [-0.2, -0.15) is 0 Å². The largest absolute Gasteiger partial charge is 0.289 e. The molecule has 136 valence electrons. The molecule has 0 unspecified atom stereocenters. The number of para-hydroxylation sites is 1. The van der Waals surface area contributed by atoms with Crippen LogP contribution in [0.15, 0.2) is 67.1 Å². The van der Waals surface area contributed by atoms with E-state index < -0.39 is 0 Å². The van der Waals surface area contributed by atoms with Crippen molar-refractivity contribution in [1.82, 2.24) is 15.0 Å². The van der Waals surface area contributed by atoms with Crippen molar-refractivity contribution in [2.75, 3.05) is 0 Å². The second-order valence-electron chi connectivity index (χ2n) is 7.17. The van der Waals surface area contributed by atoms with E-state index in [1.807, 2.05) is 48.5 Å². The lowest BCUT2D eigenvalue weighted by Crippen LogP contribution is -2.10. The van der Waals surface area contributed by atoms with E-state index >= 15 is 0 Å². The molecule has 28 heavy (non-hydrogen) atoms. The standard InChI is InChI=1S/C24H19N3O/c28-24(18-13-17-5-1-3-7-21(17)26-15-18)20-14-23(16-9-11-25-12-10-16)27-22-8-4-2-6-19(20)22/h2,4,6,8-15H,1,3,5,7H2. The van der Waals surface area contributed by atoms with Crippen LogP contribution in [-0.4, -0.2) is 20.7 Å². The van der Waals surface area contributed by atoms with E-state index in [4.69, 9.17) is 4.98 Å². The molecule has 0 saturated carbocycles. The van der Waals surface area contributed by atoms with Crippen LogP contribution in [0.4, 0.5) is 0 Å². The number of benzene rings is 1. The van der Waals surface area contributed by atoms with E-state index in [9.17, 15) is 4.79 Å². The normalized spacial score (nSPS) is 13.3. The number of rotatable bonds is 3. The second-order valence-corrected chi connectivity index (χ2v) is 7.17. The van der Waals surface area contributed by atoms with Crippen LogP contribution < -0.4 is 0 Å². The van der Waals surface area contributed by atoms with Crippen molar-refractivity contribution < 1.29 is 4.79 Å². The van der Waals surface area contributed by atoms with Crippen LogP contribution in [0.2, 0.25) is 0 Å². The lowest BCUT2D eigenvalue weighted by atomic mass is 9.92. The third-order valence-corrected chi connectivity index (χ3v) is 5.37. The maximum Gasteiger partial charge on any atom is 0.195 e. The molecule has 3 aromatic heterocycles. The van der Waals surface area contributed by atoms with Gasteiger partial charge in [-0.1, -0.05) is 18.2 Å². The first-order chi connectivity index (χ1) is 13.8. The van der Waals surface area contributed by atoms with Gasteiger partial charge in [-0.05, 0) is 61.6 Å². The lowest BCUT2D eigenvalue weighted by molar-refractivity contribution is 0.103. The first kappa shape index (κ1) is 16.8. The summed E-state index contributed by atoms with van der Waals surface area (Å²) >= 11 is 0. The smallest absolute Gasteiger partial charge is 0.195 e. The van der Waals surface area contributed by atoms with Gasteiger partial charge < -0.3 is 0 Å². The summed E-state index contributed by atoms with van der Waals surface area (Å²) < 4.78 is 0. The summed E-state index contributed by atoms with van der Waals surface area (Å²) in [5, 5.41) is 0.864. The van der Waals surface area contributed by atoms with Crippen LogP contribution in [0.3, 0.4) is 0 Å². The van der Waals surface area contributed by atoms with Crippen molar-refractivity contribution in [2.24, 2.45) is 0 Å². The molecule has 3 heterocycles. The molecule has 1 aliphatic rings. The van der Waals surface area contributed by atoms with Crippen LogP contribution in [0.1, 0.15) is 40.0 Å². The van der Waals surface area contributed by atoms with E-state index in [1.165, 1.54) is 12.0 Å². The average molecular weight is 365 g/mol. The first-order valence-electron chi connectivity index (χ1n) is 9.62. The van der Waals surface area contributed by atoms with E-state index in [1.54, 1.807) is 18.6 Å². The van der Waals surface area contributed by atoms with Gasteiger partial charge in [0.15, 0.2) is 5.78 Å². The fourth-order valence-electron chi connectivity index (χ4n) is 3.90. The summed E-state index contributed by atoms with van der Waals surface area (Å²) in [5.74, 6) is -0.00483. The number of hydrogen-bond acceptors (Lipinski definition) is 4. The monoisotopic (exact) mass is 365 g/mol. The Morgan fingerprint density at radius 2 is 1.75 bits per heavy atom. The number of carbonyl (C=O) groups is 1. The van der Waals surface area contributed by atoms with Gasteiger partial charge in [-0.3, -0.25) is 14.8 Å². The number of aryl methyl sites for hydroxylation is 2. The molecule has 0 fully saturated rings. The van der Waals surface area contributed by atoms with E-state index in [0.29, 0.717) is 11.1 Å². The molecule has 0 bridgehead atoms. The summed E-state index contributed by atoms with van der Waals surface area (Å²) in [4.78, 5) is 26.9. The van der Waals surface area contributed by atoms with Crippen LogP contribution in [-0.2, 0) is 12.8 Å². The number of nitrogens with zero attached hydrogens (tertiary/aromatic N) is 3. The molecule has 0 N–H and O–H groups in total. The van der Waals surface area contributed by atoms with Crippen molar-refractivity contribution in [3.63, 3.8) is 0 Å². The van der Waals surface area contributed by atoms with Gasteiger partial charge >= 0.3 is 0 Å². The summed E-state index contributed by atoms with van der Waals surface area (Å²) in [6.45, 7) is 0. The summed E-state index contributed by atoms with van der Waals surface area (Å²) in [7, 11) is 0. The highest BCUT2D eigenvalue weighted by Gasteiger charge is 2.18. The average Bonchev–Trinajstić information content (AvgIpc) is 2.78. The summed E-state index contributed by atoms with van der Waals surface area (Å²) in [6.07, 6.45) is 9.56. The van der Waals surface area contributed by atoms with E-state index in [-0.39, 0.29) is 5.78 Å². The maximum absolute atomic E-state index is 13.4. The Balaban J connectivity index is 1.66. The third-order valence-electron chi connectivity index (χ3n) is 5.37. The zero-order valence-corrected chi connectivity index (χ0v) is 15.4. The Hall–Kier alpha value is -3.40. The molecule has 0 spiro atoms. The van der Waals surface area contributed by atoms with Crippen molar-refractivity contribution in [2.45, 2.75) is 25.7 Å². The van der Waals surface area contributed by atoms with E-state index in [2.05, 4.69) is 9.97 Å². The Labute approximate surface area is 163 Å². The Bertz CT molecular complexity index is 1190. The molecule has 1 aliphatic carbocycles. The Kier molecular flexibility index (Phi) is 4.17. The molecule has 0 radical (unpaired) electrons. The SMILES string of the molecule is O=C(c1cnc2c(c1)CCCC2)c1cc(-c2ccncc2)nc2ccccc12. The summed E-state index contributed by atoms with van der Waals surface area (Å²) in [6, 6.07) is 15.5. The topological polar surface area (TPSA) is 55.7 Å². The molecule has 0 saturated heterocycles.